The largest absolute Gasteiger partial charge is 0.508 e. The summed E-state index contributed by atoms with van der Waals surface area (Å²) < 4.78 is 138. The number of rotatable bonds is 51. The summed E-state index contributed by atoms with van der Waals surface area (Å²) in [6, 6.07) is 13.7. The number of likely N-dealkylation sites (tertiary alicyclic amines) is 1. The Labute approximate surface area is 833 Å². The van der Waals surface area contributed by atoms with Crippen LogP contribution in [0.4, 0.5) is 11.4 Å². The van der Waals surface area contributed by atoms with Crippen molar-refractivity contribution in [1.82, 2.24) is 52.8 Å². The third-order valence-corrected chi connectivity index (χ3v) is 30.7. The van der Waals surface area contributed by atoms with E-state index in [1.54, 1.807) is 86.7 Å². The zero-order valence-corrected chi connectivity index (χ0v) is 85.3. The van der Waals surface area contributed by atoms with Crippen LogP contribution in [0.5, 0.6) is 5.75 Å². The van der Waals surface area contributed by atoms with Crippen LogP contribution in [0.1, 0.15) is 224 Å². The van der Waals surface area contributed by atoms with Crippen molar-refractivity contribution in [3.8, 4) is 5.75 Å². The fourth-order valence-corrected chi connectivity index (χ4v) is 22.0. The van der Waals surface area contributed by atoms with Crippen LogP contribution in [0.15, 0.2) is 137 Å². The topological polar surface area (TPSA) is 612 Å². The highest BCUT2D eigenvalue weighted by Crippen LogP contribution is 2.52. The third-order valence-electron chi connectivity index (χ3n) is 25.0. The number of fused-ring (bicyclic) bond motifs is 2. The van der Waals surface area contributed by atoms with Gasteiger partial charge in [0.15, 0.2) is 5.71 Å². The van der Waals surface area contributed by atoms with Gasteiger partial charge in [0, 0.05) is 111 Å². The second kappa shape index (κ2) is 55.3. The van der Waals surface area contributed by atoms with Crippen LogP contribution >= 0.6 is 21.6 Å². The number of amides is 12. The first-order valence-electron chi connectivity index (χ1n) is 47.8. The van der Waals surface area contributed by atoms with E-state index < -0.39 is 177 Å². The number of nitrogens with two attached hydrogens (primary N) is 2. The second-order valence-corrected chi connectivity index (χ2v) is 45.7. The maximum Gasteiger partial charge on any atom is 0.294 e. The van der Waals surface area contributed by atoms with Crippen molar-refractivity contribution < 1.29 is 119 Å². The number of nitrogens with one attached hydrogen (secondary N) is 9. The molecule has 12 amide bonds. The van der Waals surface area contributed by atoms with E-state index in [4.69, 9.17) is 11.5 Å². The predicted octanol–water partition coefficient (Wildman–Crippen LogP) is 6.93. The van der Waals surface area contributed by atoms with Crippen LogP contribution < -0.4 is 64.2 Å². The van der Waals surface area contributed by atoms with Gasteiger partial charge >= 0.3 is 0 Å². The molecule has 141 heavy (non-hydrogen) atoms. The van der Waals surface area contributed by atoms with Crippen LogP contribution in [0.2, 0.25) is 0 Å². The summed E-state index contributed by atoms with van der Waals surface area (Å²) >= 11 is 0. The molecule has 18 N–H and O–H groups in total. The van der Waals surface area contributed by atoms with Gasteiger partial charge in [-0.15, -0.1) is 0 Å². The number of phenolic OH excluding ortho intramolecular Hbond substituents is 1. The molecule has 4 heterocycles. The summed E-state index contributed by atoms with van der Waals surface area (Å²) in [5.74, 6) is -9.74. The van der Waals surface area contributed by atoms with Gasteiger partial charge in [-0.25, -0.2) is 0 Å². The van der Waals surface area contributed by atoms with Crippen LogP contribution in [-0.2, 0) is 122 Å². The van der Waals surface area contributed by atoms with Gasteiger partial charge in [0.25, 0.3) is 40.5 Å². The van der Waals surface area contributed by atoms with Crippen LogP contribution in [0.3, 0.4) is 0 Å². The number of carbonyl (C=O) groups is 12. The molecule has 0 aromatic heterocycles. The van der Waals surface area contributed by atoms with Gasteiger partial charge in [-0.3, -0.25) is 75.7 Å². The Balaban J connectivity index is 0.783. The van der Waals surface area contributed by atoms with Gasteiger partial charge in [0.1, 0.15) is 54.6 Å². The third kappa shape index (κ3) is 37.9. The molecule has 8 atom stereocenters. The minimum Gasteiger partial charge on any atom is -0.508 e. The van der Waals surface area contributed by atoms with Gasteiger partial charge in [-0.1, -0.05) is 147 Å². The van der Waals surface area contributed by atoms with E-state index in [0.717, 1.165) is 66.5 Å². The number of allylic oxidation sites excluding steroid dienone is 6. The number of hydrogen-bond acceptors (Lipinski definition) is 24. The summed E-state index contributed by atoms with van der Waals surface area (Å²) in [5, 5.41) is 34.6. The molecule has 45 heteroatoms. The second-order valence-electron chi connectivity index (χ2n) is 37.1. The van der Waals surface area contributed by atoms with Crippen molar-refractivity contribution in [2.24, 2.45) is 17.4 Å². The van der Waals surface area contributed by atoms with E-state index in [9.17, 15) is 115 Å². The van der Waals surface area contributed by atoms with Gasteiger partial charge in [-0.05, 0) is 175 Å². The summed E-state index contributed by atoms with van der Waals surface area (Å²) in [6.45, 7) is 9.96. The smallest absolute Gasteiger partial charge is 0.294 e. The van der Waals surface area contributed by atoms with E-state index in [-0.39, 0.29) is 135 Å². The first-order chi connectivity index (χ1) is 66.6. The Morgan fingerprint density at radius 1 is 0.582 bits per heavy atom. The highest BCUT2D eigenvalue weighted by molar-refractivity contribution is 8.76. The molecule has 4 aromatic carbocycles. The molecule has 1 unspecified atom stereocenters. The van der Waals surface area contributed by atoms with Gasteiger partial charge < -0.3 is 74.2 Å². The Hall–Kier alpha value is -10.7. The van der Waals surface area contributed by atoms with Gasteiger partial charge in [0.2, 0.25) is 76.6 Å². The Bertz CT molecular complexity index is 5670. The van der Waals surface area contributed by atoms with Crippen molar-refractivity contribution >= 4 is 150 Å². The zero-order valence-electron chi connectivity index (χ0n) is 80.4. The molecule has 0 saturated carbocycles. The average molecular weight is 2080 g/mol. The quantitative estimate of drug-likeness (QED) is 0.00700. The molecule has 4 aliphatic heterocycles. The van der Waals surface area contributed by atoms with Gasteiger partial charge in [0.05, 0.1) is 39.7 Å². The van der Waals surface area contributed by atoms with Crippen LogP contribution in [-0.4, -0.2) is 248 Å². The van der Waals surface area contributed by atoms with Gasteiger partial charge in [-0.2, -0.15) is 38.2 Å². The SMILES string of the molecule is CC(C)C[C@@H]1NC(=O)[C@H](Cc2ccccc2)NC(=O)[C@H](Cc2ccc(O)cc2)NC(=O)CCSSC[C@@H](C(=O)N2CCC[C@H]2C(=O)N[C@@H](CCCCNC(=O)CCCCCCCCCCNC(=O)CCCCCC2(C)/C(=C/C=C/C=C/C3=[N+](CCCCS(=O)(=O)O)c4ccc(S(=O)(=O)O)cc4C3(C)C)N(CCCCS(=O)(=O)O)c3ccc(S(=O)(=O)O)cc32)C(=O)NCC(N)=O)NC(=O)[C@H](CC(N)=O)NC1=O. The first-order valence-corrected chi connectivity index (χ1v) is 56.4. The number of benzene rings is 4. The van der Waals surface area contributed by atoms with Crippen molar-refractivity contribution in [3.05, 3.63) is 149 Å². The summed E-state index contributed by atoms with van der Waals surface area (Å²) in [4.78, 5) is 168. The molecule has 0 aliphatic carbocycles. The minimum absolute atomic E-state index is 0.00229. The standard InChI is InChI=1S/C96H136N14O25S6/c1-64(2)56-73-89(118)106-76(61-83(97)112)92(121)107-77(63-137-136-53-46-87(116)102-74(58-66-38-40-67(111)41-39-66)90(119)105-75(91(120)104-73)57-65-30-15-12-16-31-65)94(123)110-52-29-33-80(110)93(122)103-72(88(117)101-62-84(98)113)32-21-24-49-100-85(114)36-19-10-8-6-7-9-11-23-48-99-86(115)37-20-14-22-47-96(5)71-60-69(141(133,134)135)43-45-79(71)109(51-26-28-55-139(127,128)129)82(96)35-18-13-17-34-81-95(3,4)70-59-68(140(130,131)132)42-44-78(70)108(81)50-25-27-54-138(124,125)126/h12-13,15-18,30-31,34-35,38-45,59-60,64,72-77,80H,6-11,14,19-29,32-33,36-37,46-58,61-63H2,1-5H3,(H17-,97,98,99,100,101,102,103,104,105,106,107,111,112,113,114,115,116,117,118,119,120,121,122,124,125,126,127,128,129,130,131,132,133,134,135)/p+1/t72-,73-,74-,75-,76-,77-,80-,96?/m0/s1. The molecule has 39 nitrogen and oxygen atoms in total. The van der Waals surface area contributed by atoms with E-state index in [0.29, 0.717) is 116 Å². The lowest BCUT2D eigenvalue weighted by Crippen LogP contribution is -2.61. The lowest BCUT2D eigenvalue weighted by Gasteiger charge is -2.31. The molecule has 4 aromatic rings. The molecule has 4 aliphatic rings. The summed E-state index contributed by atoms with van der Waals surface area (Å²) in [5.41, 5.74) is 14.3. The Kier molecular flexibility index (Phi) is 45.3. The number of carbonyl (C=O) groups excluding carboxylic acids is 12. The van der Waals surface area contributed by atoms with E-state index in [1.807, 2.05) is 42.4 Å². The lowest BCUT2D eigenvalue weighted by atomic mass is 9.77. The highest BCUT2D eigenvalue weighted by Gasteiger charge is 2.47. The molecular weight excluding hydrogens is 1940 g/mol. The van der Waals surface area contributed by atoms with Crippen molar-refractivity contribution in [2.75, 3.05) is 67.2 Å². The molecule has 776 valence electrons. The fourth-order valence-electron chi connectivity index (χ4n) is 17.7. The molecular formula is C96H137N14O25S6+. The normalized spacial score (nSPS) is 20.2. The van der Waals surface area contributed by atoms with Crippen molar-refractivity contribution in [2.45, 2.75) is 277 Å². The molecule has 0 bridgehead atoms. The van der Waals surface area contributed by atoms with Crippen molar-refractivity contribution in [1.29, 1.82) is 0 Å². The molecule has 2 saturated heterocycles. The number of primary amides is 2. The number of hydrogen-bond donors (Lipinski definition) is 16. The van der Waals surface area contributed by atoms with E-state index in [2.05, 4.69) is 47.9 Å². The Morgan fingerprint density at radius 3 is 1.74 bits per heavy atom. The molecule has 0 radical (unpaired) electrons. The monoisotopic (exact) mass is 2080 g/mol. The number of unbranched alkanes of at least 4 members (excludes halogenated alkanes) is 12. The number of aromatic hydroxyl groups is 1. The molecule has 0 spiro atoms. The van der Waals surface area contributed by atoms with Crippen molar-refractivity contribution in [3.63, 3.8) is 0 Å². The average Bonchev–Trinajstić information content (AvgIpc) is 1.58. The maximum absolute atomic E-state index is 15.0. The Morgan fingerprint density at radius 2 is 1.13 bits per heavy atom. The predicted molar refractivity (Wildman–Crippen MR) is 535 cm³/mol. The highest BCUT2D eigenvalue weighted by atomic mass is 33.1. The zero-order chi connectivity index (χ0) is 103. The molecule has 2 fully saturated rings. The number of nitrogens with zero attached hydrogens (tertiary/aromatic N) is 3. The van der Waals surface area contributed by atoms with Crippen LogP contribution in [0.25, 0.3) is 0 Å². The first kappa shape index (κ1) is 116. The minimum atomic E-state index is -4.68. The summed E-state index contributed by atoms with van der Waals surface area (Å²) in [7, 11) is -15.6. The number of anilines is 1. The molecule has 8 rings (SSSR count). The van der Waals surface area contributed by atoms with Crippen LogP contribution in [0, 0.1) is 5.92 Å². The van der Waals surface area contributed by atoms with E-state index >= 15 is 0 Å². The maximum atomic E-state index is 15.0. The van der Waals surface area contributed by atoms with E-state index in [1.165, 1.54) is 41.3 Å². The lowest BCUT2D eigenvalue weighted by molar-refractivity contribution is -0.438. The fraction of sp³-hybridized carbons (Fsp3) is 0.552. The number of phenols is 1. The summed E-state index contributed by atoms with van der Waals surface area (Å²) in [6.07, 6.45) is 19.4.